The molecule has 1 aliphatic heterocycles. The van der Waals surface area contributed by atoms with E-state index in [-0.39, 0.29) is 16.7 Å². The molecule has 1 aromatic carbocycles. The zero-order chi connectivity index (χ0) is 17.1. The summed E-state index contributed by atoms with van der Waals surface area (Å²) < 4.78 is 13.7. The van der Waals surface area contributed by atoms with Crippen molar-refractivity contribution in [2.45, 2.75) is 19.0 Å². The molecule has 1 fully saturated rings. The second kappa shape index (κ2) is 7.00. The Morgan fingerprint density at radius 2 is 2.12 bits per heavy atom. The molecule has 24 heavy (non-hydrogen) atoms. The summed E-state index contributed by atoms with van der Waals surface area (Å²) in [7, 11) is 0. The SMILES string of the molecule is O=[N+]([O-])c1ccc(Cl)nc1Nc1ccccc1N1CCCC(F)C1. The summed E-state index contributed by atoms with van der Waals surface area (Å²) in [5, 5.41) is 14.3. The molecular formula is C16H16ClFN4O2. The lowest BCUT2D eigenvalue weighted by Crippen LogP contribution is -2.36. The number of hydrogen-bond donors (Lipinski definition) is 1. The Morgan fingerprint density at radius 1 is 1.33 bits per heavy atom. The smallest absolute Gasteiger partial charge is 0.311 e. The van der Waals surface area contributed by atoms with Crippen LogP contribution < -0.4 is 10.2 Å². The lowest BCUT2D eigenvalue weighted by molar-refractivity contribution is -0.384. The number of aromatic nitrogens is 1. The van der Waals surface area contributed by atoms with Crippen molar-refractivity contribution < 1.29 is 9.31 Å². The molecule has 1 N–H and O–H groups in total. The molecular weight excluding hydrogens is 335 g/mol. The van der Waals surface area contributed by atoms with Gasteiger partial charge in [-0.15, -0.1) is 0 Å². The van der Waals surface area contributed by atoms with Gasteiger partial charge in [0.25, 0.3) is 0 Å². The molecule has 126 valence electrons. The van der Waals surface area contributed by atoms with Gasteiger partial charge in [0.1, 0.15) is 11.3 Å². The quantitative estimate of drug-likeness (QED) is 0.505. The predicted molar refractivity (Wildman–Crippen MR) is 92.0 cm³/mol. The molecule has 1 aromatic heterocycles. The van der Waals surface area contributed by atoms with Gasteiger partial charge in [-0.2, -0.15) is 0 Å². The van der Waals surface area contributed by atoms with Crippen LogP contribution in [0.15, 0.2) is 36.4 Å². The Labute approximate surface area is 143 Å². The van der Waals surface area contributed by atoms with E-state index >= 15 is 0 Å². The highest BCUT2D eigenvalue weighted by Crippen LogP contribution is 2.34. The number of piperidine rings is 1. The minimum Gasteiger partial charge on any atom is -0.367 e. The van der Waals surface area contributed by atoms with E-state index in [4.69, 9.17) is 11.6 Å². The summed E-state index contributed by atoms with van der Waals surface area (Å²) in [6, 6.07) is 9.97. The molecule has 1 atom stereocenters. The average molecular weight is 351 g/mol. The van der Waals surface area contributed by atoms with Crippen LogP contribution in [0.2, 0.25) is 5.15 Å². The molecule has 1 saturated heterocycles. The zero-order valence-corrected chi connectivity index (χ0v) is 13.5. The maximum absolute atomic E-state index is 13.7. The first-order chi connectivity index (χ1) is 11.5. The van der Waals surface area contributed by atoms with Crippen LogP contribution in [0.1, 0.15) is 12.8 Å². The molecule has 2 aromatic rings. The maximum Gasteiger partial charge on any atom is 0.311 e. The molecule has 6 nitrogen and oxygen atoms in total. The second-order valence-corrected chi connectivity index (χ2v) is 5.97. The molecule has 1 unspecified atom stereocenters. The van der Waals surface area contributed by atoms with Crippen molar-refractivity contribution >= 4 is 34.5 Å². The standard InChI is InChI=1S/C16H16ClFN4O2/c17-15-8-7-14(22(23)24)16(20-15)19-12-5-1-2-6-13(12)21-9-3-4-11(18)10-21/h1-2,5-8,11H,3-4,9-10H2,(H,19,20). The number of hydrogen-bond acceptors (Lipinski definition) is 5. The average Bonchev–Trinajstić information content (AvgIpc) is 2.55. The van der Waals surface area contributed by atoms with Crippen LogP contribution in [0.4, 0.5) is 27.3 Å². The first kappa shape index (κ1) is 16.4. The van der Waals surface area contributed by atoms with Crippen LogP contribution in [-0.2, 0) is 0 Å². The number of nitrogens with zero attached hydrogens (tertiary/aromatic N) is 3. The van der Waals surface area contributed by atoms with Crippen molar-refractivity contribution in [2.24, 2.45) is 0 Å². The maximum atomic E-state index is 13.7. The third-order valence-corrected chi connectivity index (χ3v) is 4.11. The number of nitro groups is 1. The molecule has 8 heteroatoms. The fraction of sp³-hybridized carbons (Fsp3) is 0.312. The highest BCUT2D eigenvalue weighted by atomic mass is 35.5. The number of alkyl halides is 1. The van der Waals surface area contributed by atoms with Crippen molar-refractivity contribution in [1.29, 1.82) is 0 Å². The van der Waals surface area contributed by atoms with Gasteiger partial charge in [0.05, 0.1) is 16.3 Å². The third-order valence-electron chi connectivity index (χ3n) is 3.90. The molecule has 0 bridgehead atoms. The Kier molecular flexibility index (Phi) is 4.80. The topological polar surface area (TPSA) is 71.3 Å². The van der Waals surface area contributed by atoms with E-state index in [0.29, 0.717) is 18.7 Å². The van der Waals surface area contributed by atoms with Gasteiger partial charge in [0, 0.05) is 19.2 Å². The Morgan fingerprint density at radius 3 is 2.88 bits per heavy atom. The normalized spacial score (nSPS) is 17.6. The number of halogens is 2. The van der Waals surface area contributed by atoms with Crippen molar-refractivity contribution in [2.75, 3.05) is 23.3 Å². The molecule has 0 amide bonds. The second-order valence-electron chi connectivity index (χ2n) is 5.59. The summed E-state index contributed by atoms with van der Waals surface area (Å²) in [6.45, 7) is 1.05. The van der Waals surface area contributed by atoms with Crippen LogP contribution in [-0.4, -0.2) is 29.2 Å². The lowest BCUT2D eigenvalue weighted by atomic mass is 10.1. The number of rotatable bonds is 4. The van der Waals surface area contributed by atoms with Crippen molar-refractivity contribution in [3.05, 3.63) is 51.7 Å². The summed E-state index contributed by atoms with van der Waals surface area (Å²) in [4.78, 5) is 16.6. The molecule has 3 rings (SSSR count). The Hall–Kier alpha value is -2.41. The Balaban J connectivity index is 1.94. The van der Waals surface area contributed by atoms with E-state index in [1.807, 2.05) is 17.0 Å². The summed E-state index contributed by atoms with van der Waals surface area (Å²) in [6.07, 6.45) is 0.462. The lowest BCUT2D eigenvalue weighted by Gasteiger charge is -2.32. The zero-order valence-electron chi connectivity index (χ0n) is 12.8. The number of benzene rings is 1. The van der Waals surface area contributed by atoms with Gasteiger partial charge >= 0.3 is 5.69 Å². The number of para-hydroxylation sites is 2. The molecule has 0 aliphatic carbocycles. The van der Waals surface area contributed by atoms with Gasteiger partial charge in [0.2, 0.25) is 5.82 Å². The van der Waals surface area contributed by atoms with E-state index < -0.39 is 11.1 Å². The van der Waals surface area contributed by atoms with Gasteiger partial charge in [-0.25, -0.2) is 9.37 Å². The van der Waals surface area contributed by atoms with Crippen LogP contribution in [0, 0.1) is 10.1 Å². The largest absolute Gasteiger partial charge is 0.367 e. The summed E-state index contributed by atoms with van der Waals surface area (Å²) >= 11 is 5.86. The molecule has 0 radical (unpaired) electrons. The number of anilines is 3. The van der Waals surface area contributed by atoms with E-state index in [9.17, 15) is 14.5 Å². The van der Waals surface area contributed by atoms with Crippen molar-refractivity contribution in [3.63, 3.8) is 0 Å². The minimum absolute atomic E-state index is 0.0637. The first-order valence-corrected chi connectivity index (χ1v) is 7.98. The summed E-state index contributed by atoms with van der Waals surface area (Å²) in [5.41, 5.74) is 1.25. The van der Waals surface area contributed by atoms with Gasteiger partial charge in [0.15, 0.2) is 0 Å². The summed E-state index contributed by atoms with van der Waals surface area (Å²) in [5.74, 6) is 0.0637. The molecule has 1 aliphatic rings. The van der Waals surface area contributed by atoms with Crippen LogP contribution in [0.3, 0.4) is 0 Å². The molecule has 0 spiro atoms. The van der Waals surface area contributed by atoms with Gasteiger partial charge in [-0.05, 0) is 31.0 Å². The number of nitrogens with one attached hydrogen (secondary N) is 1. The van der Waals surface area contributed by atoms with Gasteiger partial charge in [-0.1, -0.05) is 23.7 Å². The Bertz CT molecular complexity index is 759. The highest BCUT2D eigenvalue weighted by molar-refractivity contribution is 6.29. The number of pyridine rings is 1. The first-order valence-electron chi connectivity index (χ1n) is 7.60. The highest BCUT2D eigenvalue weighted by Gasteiger charge is 2.22. The molecule has 2 heterocycles. The van der Waals surface area contributed by atoms with Crippen LogP contribution in [0.5, 0.6) is 0 Å². The van der Waals surface area contributed by atoms with Gasteiger partial charge < -0.3 is 10.2 Å². The van der Waals surface area contributed by atoms with E-state index in [1.54, 1.807) is 12.1 Å². The fourth-order valence-electron chi connectivity index (χ4n) is 2.79. The van der Waals surface area contributed by atoms with Crippen LogP contribution >= 0.6 is 11.6 Å². The third kappa shape index (κ3) is 3.56. The van der Waals surface area contributed by atoms with Gasteiger partial charge in [-0.3, -0.25) is 10.1 Å². The fourth-order valence-corrected chi connectivity index (χ4v) is 2.94. The van der Waals surface area contributed by atoms with Crippen molar-refractivity contribution in [1.82, 2.24) is 4.98 Å². The van der Waals surface area contributed by atoms with Crippen molar-refractivity contribution in [3.8, 4) is 0 Å². The van der Waals surface area contributed by atoms with E-state index in [2.05, 4.69) is 10.3 Å². The van der Waals surface area contributed by atoms with Crippen LogP contribution in [0.25, 0.3) is 0 Å². The monoisotopic (exact) mass is 350 g/mol. The predicted octanol–water partition coefficient (Wildman–Crippen LogP) is 4.33. The molecule has 0 saturated carbocycles. The minimum atomic E-state index is -0.870. The van der Waals surface area contributed by atoms with E-state index in [1.165, 1.54) is 12.1 Å². The van der Waals surface area contributed by atoms with E-state index in [0.717, 1.165) is 18.7 Å².